The summed E-state index contributed by atoms with van der Waals surface area (Å²) in [6, 6.07) is 8.52. The zero-order chi connectivity index (χ0) is 30.5. The van der Waals surface area contributed by atoms with Gasteiger partial charge in [-0.2, -0.15) is 0 Å². The minimum absolute atomic E-state index is 0.00204. The van der Waals surface area contributed by atoms with E-state index in [0.717, 1.165) is 24.8 Å². The Bertz CT molecular complexity index is 946. The maximum Gasteiger partial charge on any atom is 0.266 e. The summed E-state index contributed by atoms with van der Waals surface area (Å²) in [5, 5.41) is 2.90. The minimum Gasteiger partial charge on any atom is -0.379 e. The number of likely N-dealkylation sites (N-methyl/N-ethyl adjacent to an activating group) is 1. The van der Waals surface area contributed by atoms with Crippen LogP contribution in [-0.4, -0.2) is 99.3 Å². The first-order chi connectivity index (χ1) is 19.6. The highest BCUT2D eigenvalue weighted by Crippen LogP contribution is 2.29. The lowest BCUT2D eigenvalue weighted by molar-refractivity contribution is -0.144. The van der Waals surface area contributed by atoms with Gasteiger partial charge in [-0.3, -0.25) is 19.2 Å². The van der Waals surface area contributed by atoms with Crippen LogP contribution in [0.15, 0.2) is 30.3 Å². The largest absolute Gasteiger partial charge is 0.379 e. The van der Waals surface area contributed by atoms with Crippen LogP contribution < -0.4 is 10.8 Å². The van der Waals surface area contributed by atoms with E-state index in [9.17, 15) is 14.4 Å². The van der Waals surface area contributed by atoms with Gasteiger partial charge >= 0.3 is 0 Å². The van der Waals surface area contributed by atoms with Crippen LogP contribution in [0.5, 0.6) is 0 Å². The highest BCUT2D eigenvalue weighted by molar-refractivity contribution is 5.88. The minimum atomic E-state index is -0.830. The molecule has 41 heavy (non-hydrogen) atoms. The van der Waals surface area contributed by atoms with Gasteiger partial charge in [0.1, 0.15) is 6.04 Å². The molecule has 0 saturated carbocycles. The average molecular weight is 577 g/mol. The van der Waals surface area contributed by atoms with E-state index in [1.807, 2.05) is 49.3 Å². The van der Waals surface area contributed by atoms with Crippen molar-refractivity contribution in [2.75, 3.05) is 41.5 Å². The molecule has 1 aliphatic rings. The molecular weight excluding hydrogens is 524 g/mol. The summed E-state index contributed by atoms with van der Waals surface area (Å²) in [5.41, 5.74) is 3.33. The van der Waals surface area contributed by atoms with Crippen LogP contribution in [0.3, 0.4) is 0 Å². The molecule has 0 aliphatic carbocycles. The fraction of sp³-hybridized carbons (Fsp3) is 0.710. The van der Waals surface area contributed by atoms with E-state index in [0.29, 0.717) is 25.5 Å². The predicted molar refractivity (Wildman–Crippen MR) is 159 cm³/mol. The van der Waals surface area contributed by atoms with Crippen LogP contribution in [-0.2, 0) is 35.1 Å². The molecule has 1 aliphatic heterocycles. The second-order valence-corrected chi connectivity index (χ2v) is 11.3. The fourth-order valence-corrected chi connectivity index (χ4v) is 5.95. The number of rotatable bonds is 17. The number of nitrogens with one attached hydrogen (secondary N) is 2. The average Bonchev–Trinajstić information content (AvgIpc) is 3.45. The number of amides is 3. The number of carbonyl (C=O) groups excluding carboxylic acids is 3. The highest BCUT2D eigenvalue weighted by atomic mass is 16.6. The molecule has 2 N–H and O–H groups in total. The quantitative estimate of drug-likeness (QED) is 0.275. The van der Waals surface area contributed by atoms with Gasteiger partial charge in [0.05, 0.1) is 37.2 Å². The second-order valence-electron chi connectivity index (χ2n) is 11.3. The molecule has 10 heteroatoms. The van der Waals surface area contributed by atoms with Crippen LogP contribution >= 0.6 is 0 Å². The van der Waals surface area contributed by atoms with Crippen molar-refractivity contribution in [3.63, 3.8) is 0 Å². The van der Waals surface area contributed by atoms with Gasteiger partial charge in [0.2, 0.25) is 11.8 Å². The fourth-order valence-electron chi connectivity index (χ4n) is 5.95. The summed E-state index contributed by atoms with van der Waals surface area (Å²) < 4.78 is 11.7. The molecule has 1 saturated heterocycles. The molecule has 7 unspecified atom stereocenters. The van der Waals surface area contributed by atoms with Gasteiger partial charge in [0, 0.05) is 33.2 Å². The Morgan fingerprint density at radius 2 is 1.73 bits per heavy atom. The second kappa shape index (κ2) is 17.4. The van der Waals surface area contributed by atoms with Gasteiger partial charge in [-0.1, -0.05) is 57.5 Å². The summed E-state index contributed by atoms with van der Waals surface area (Å²) in [7, 11) is 7.28. The Hall–Kier alpha value is -2.53. The van der Waals surface area contributed by atoms with Gasteiger partial charge in [-0.25, -0.2) is 5.48 Å². The Morgan fingerprint density at radius 1 is 1.05 bits per heavy atom. The number of nitrogens with zero attached hydrogens (tertiary/aromatic N) is 2. The summed E-state index contributed by atoms with van der Waals surface area (Å²) in [4.78, 5) is 49.1. The lowest BCUT2D eigenvalue weighted by Crippen LogP contribution is -2.54. The molecule has 2 rings (SSSR count). The Labute approximate surface area is 246 Å². The number of benzene rings is 1. The molecule has 7 atom stereocenters. The van der Waals surface area contributed by atoms with Crippen molar-refractivity contribution in [3.8, 4) is 0 Å². The van der Waals surface area contributed by atoms with Gasteiger partial charge in [-0.05, 0) is 45.3 Å². The lowest BCUT2D eigenvalue weighted by atomic mass is 9.90. The zero-order valence-electron chi connectivity index (χ0n) is 26.2. The van der Waals surface area contributed by atoms with E-state index >= 15 is 0 Å². The first kappa shape index (κ1) is 34.7. The third-order valence-corrected chi connectivity index (χ3v) is 8.29. The van der Waals surface area contributed by atoms with Crippen LogP contribution in [0, 0.1) is 11.8 Å². The number of carbonyl (C=O) groups is 3. The molecule has 0 bridgehead atoms. The molecule has 1 fully saturated rings. The first-order valence-corrected chi connectivity index (χ1v) is 14.9. The molecule has 232 valence electrons. The van der Waals surface area contributed by atoms with Crippen molar-refractivity contribution in [1.29, 1.82) is 0 Å². The van der Waals surface area contributed by atoms with E-state index in [-0.39, 0.29) is 36.4 Å². The van der Waals surface area contributed by atoms with Crippen molar-refractivity contribution < 1.29 is 28.7 Å². The Morgan fingerprint density at radius 3 is 2.29 bits per heavy atom. The Kier molecular flexibility index (Phi) is 14.7. The molecule has 1 aromatic rings. The number of hydroxylamine groups is 1. The monoisotopic (exact) mass is 576 g/mol. The lowest BCUT2D eigenvalue weighted by Gasteiger charge is -2.38. The molecule has 0 spiro atoms. The molecule has 1 aromatic carbocycles. The summed E-state index contributed by atoms with van der Waals surface area (Å²) in [5.74, 6) is -0.990. The van der Waals surface area contributed by atoms with Crippen LogP contribution in [0.1, 0.15) is 58.9 Å². The van der Waals surface area contributed by atoms with E-state index in [2.05, 4.69) is 29.5 Å². The third-order valence-electron chi connectivity index (χ3n) is 8.29. The van der Waals surface area contributed by atoms with Gasteiger partial charge < -0.3 is 24.6 Å². The molecule has 0 radical (unpaired) electrons. The summed E-state index contributed by atoms with van der Waals surface area (Å²) >= 11 is 0. The maximum absolute atomic E-state index is 13.7. The number of likely N-dealkylation sites (tertiary alicyclic amines) is 1. The van der Waals surface area contributed by atoms with Crippen LogP contribution in [0.25, 0.3) is 0 Å². The van der Waals surface area contributed by atoms with E-state index in [1.165, 1.54) is 0 Å². The highest BCUT2D eigenvalue weighted by Gasteiger charge is 2.41. The molecule has 1 heterocycles. The summed E-state index contributed by atoms with van der Waals surface area (Å²) in [6.45, 7) is 8.80. The van der Waals surface area contributed by atoms with Crippen molar-refractivity contribution in [2.24, 2.45) is 11.8 Å². The topological polar surface area (TPSA) is 109 Å². The third kappa shape index (κ3) is 9.77. The van der Waals surface area contributed by atoms with Crippen molar-refractivity contribution in [2.45, 2.75) is 90.1 Å². The number of hydrogen-bond acceptors (Lipinski definition) is 7. The van der Waals surface area contributed by atoms with Crippen LogP contribution in [0.4, 0.5) is 0 Å². The molecule has 3 amide bonds. The summed E-state index contributed by atoms with van der Waals surface area (Å²) in [6.07, 6.45) is 2.33. The van der Waals surface area contributed by atoms with E-state index in [1.54, 1.807) is 28.1 Å². The normalized spacial score (nSPS) is 19.7. The zero-order valence-corrected chi connectivity index (χ0v) is 26.2. The van der Waals surface area contributed by atoms with Crippen LogP contribution in [0.2, 0.25) is 0 Å². The Balaban J connectivity index is 2.17. The van der Waals surface area contributed by atoms with Crippen molar-refractivity contribution in [3.05, 3.63) is 35.9 Å². The van der Waals surface area contributed by atoms with Crippen molar-refractivity contribution in [1.82, 2.24) is 20.6 Å². The SMILES string of the molecule is CCONC(=O)C(Cc1ccccc1)NC(=O)C(C)C(OC)C1CCCN1C(=O)CC(OC)C(C(C)CC)N(C)C. The van der Waals surface area contributed by atoms with Gasteiger partial charge in [0.15, 0.2) is 0 Å². The smallest absolute Gasteiger partial charge is 0.266 e. The predicted octanol–water partition coefficient (Wildman–Crippen LogP) is 2.81. The molecule has 0 aromatic heterocycles. The van der Waals surface area contributed by atoms with Gasteiger partial charge in [-0.15, -0.1) is 0 Å². The van der Waals surface area contributed by atoms with E-state index < -0.39 is 24.0 Å². The van der Waals surface area contributed by atoms with E-state index in [4.69, 9.17) is 14.3 Å². The number of ether oxygens (including phenoxy) is 2. The van der Waals surface area contributed by atoms with Gasteiger partial charge in [0.25, 0.3) is 5.91 Å². The first-order valence-electron chi connectivity index (χ1n) is 14.9. The molecule has 10 nitrogen and oxygen atoms in total. The maximum atomic E-state index is 13.7. The number of methoxy groups -OCH3 is 2. The number of hydrogen-bond donors (Lipinski definition) is 2. The van der Waals surface area contributed by atoms with Crippen molar-refractivity contribution >= 4 is 17.7 Å². The molecular formula is C31H52N4O6. The standard InChI is InChI=1S/C31H52N4O6/c1-9-21(3)28(34(5)6)26(39-7)20-27(36)35-18-14-17-25(35)29(40-8)22(4)30(37)32-24(31(38)33-41-10-2)19-23-15-12-11-13-16-23/h11-13,15-16,21-22,24-26,28-29H,9-10,14,17-20H2,1-8H3,(H,32,37)(H,33,38).